The van der Waals surface area contributed by atoms with Crippen LogP contribution in [0.1, 0.15) is 77.0 Å². The van der Waals surface area contributed by atoms with Crippen molar-refractivity contribution < 1.29 is 19.4 Å². The lowest BCUT2D eigenvalue weighted by Gasteiger charge is -2.27. The van der Waals surface area contributed by atoms with Gasteiger partial charge in [0.2, 0.25) is 0 Å². The van der Waals surface area contributed by atoms with Crippen LogP contribution in [0.2, 0.25) is 0 Å². The van der Waals surface area contributed by atoms with E-state index < -0.39 is 0 Å². The van der Waals surface area contributed by atoms with Gasteiger partial charge in [0.15, 0.2) is 0 Å². The van der Waals surface area contributed by atoms with Gasteiger partial charge in [-0.15, -0.1) is 0 Å². The van der Waals surface area contributed by atoms with Gasteiger partial charge in [-0.2, -0.15) is 0 Å². The van der Waals surface area contributed by atoms with E-state index in [2.05, 4.69) is 34.6 Å². The molecule has 2 aliphatic rings. The number of aromatic hydroxyl groups is 1. The third-order valence-corrected chi connectivity index (χ3v) is 10.8. The van der Waals surface area contributed by atoms with E-state index in [4.69, 9.17) is 4.74 Å². The van der Waals surface area contributed by atoms with Crippen LogP contribution in [-0.4, -0.2) is 33.5 Å². The zero-order chi connectivity index (χ0) is 31.4. The van der Waals surface area contributed by atoms with Gasteiger partial charge in [-0.3, -0.25) is 9.59 Å². The van der Waals surface area contributed by atoms with E-state index in [0.29, 0.717) is 27.4 Å². The summed E-state index contributed by atoms with van der Waals surface area (Å²) in [6.45, 7) is 11.7. The van der Waals surface area contributed by atoms with Gasteiger partial charge in [-0.1, -0.05) is 138 Å². The van der Waals surface area contributed by atoms with E-state index in [1.165, 1.54) is 23.5 Å². The number of unbranched alkanes of at least 4 members (excludes halogenated alkanes) is 1. The van der Waals surface area contributed by atoms with Gasteiger partial charge >= 0.3 is 0 Å². The molecule has 0 saturated carbocycles. The predicted molar refractivity (Wildman–Crippen MR) is 178 cm³/mol. The lowest BCUT2D eigenvalue weighted by molar-refractivity contribution is -0.149. The third kappa shape index (κ3) is 6.81. The fraction of sp³-hybridized carbons (Fsp3) is 0.389. The molecule has 0 spiro atoms. The summed E-state index contributed by atoms with van der Waals surface area (Å²) in [5.74, 6) is 0.657. The molecule has 2 amide bonds. The zero-order valence-corrected chi connectivity index (χ0v) is 27.9. The van der Waals surface area contributed by atoms with Crippen LogP contribution in [-0.2, 0) is 28.1 Å². The number of carbonyl (C=O) groups excluding carboxylic acids is 2. The Bertz CT molecular complexity index is 1470. The monoisotopic (exact) mass is 630 g/mol. The van der Waals surface area contributed by atoms with Crippen molar-refractivity contribution in [3.63, 3.8) is 0 Å². The molecule has 5 rings (SSSR count). The second-order valence-electron chi connectivity index (χ2n) is 12.5. The number of hydrazine groups is 1. The second kappa shape index (κ2) is 13.7. The summed E-state index contributed by atoms with van der Waals surface area (Å²) >= 11 is 2.66. The maximum absolute atomic E-state index is 14.1. The molecule has 1 atom stereocenters. The van der Waals surface area contributed by atoms with Gasteiger partial charge in [-0.05, 0) is 34.9 Å². The summed E-state index contributed by atoms with van der Waals surface area (Å²) in [6, 6.07) is 21.4. The molecule has 0 aromatic heterocycles. The van der Waals surface area contributed by atoms with E-state index in [0.717, 1.165) is 47.3 Å². The van der Waals surface area contributed by atoms with Crippen LogP contribution in [0.5, 0.6) is 11.5 Å². The Balaban J connectivity index is 1.52. The highest BCUT2D eigenvalue weighted by Crippen LogP contribution is 2.61. The number of fused-ring (bicyclic) bond motifs is 1. The normalized spacial score (nSPS) is 15.8. The van der Waals surface area contributed by atoms with Crippen molar-refractivity contribution in [3.8, 4) is 11.5 Å². The molecule has 2 heterocycles. The number of phenolic OH excluding ortho intramolecular Hbond substituents is 1. The van der Waals surface area contributed by atoms with Crippen molar-refractivity contribution in [2.75, 3.05) is 6.61 Å². The first-order valence-electron chi connectivity index (χ1n) is 15.5. The summed E-state index contributed by atoms with van der Waals surface area (Å²) in [5.41, 5.74) is 2.46. The molecule has 2 aliphatic heterocycles. The van der Waals surface area contributed by atoms with E-state index in [1.54, 1.807) is 10.0 Å². The summed E-state index contributed by atoms with van der Waals surface area (Å²) in [6.07, 6.45) is 4.44. The zero-order valence-electron chi connectivity index (χ0n) is 26.3. The number of benzene rings is 3. The summed E-state index contributed by atoms with van der Waals surface area (Å²) in [5, 5.41) is 14.6. The van der Waals surface area contributed by atoms with Crippen LogP contribution >= 0.6 is 23.5 Å². The molecule has 3 aromatic rings. The molecule has 0 aliphatic carbocycles. The number of rotatable bonds is 11. The average molecular weight is 631 g/mol. The molecular formula is C36H42N2O4S2. The van der Waals surface area contributed by atoms with E-state index >= 15 is 0 Å². The minimum atomic E-state index is -0.332. The van der Waals surface area contributed by atoms with Crippen molar-refractivity contribution in [2.45, 2.75) is 88.6 Å². The Morgan fingerprint density at radius 3 is 1.89 bits per heavy atom. The van der Waals surface area contributed by atoms with Gasteiger partial charge < -0.3 is 9.84 Å². The SMILES string of the molecule is CCCCC(CC)COc1cc(C(C)(C)C)c(O)c2c1SC(=C1C(=O)N(Cc3ccccc3)N(Cc3ccccc3)C1=O)S2. The molecule has 232 valence electrons. The standard InChI is InChI=1S/C36H42N2O4S2/c1-6-8-15-24(7-2)23-42-28-20-27(36(3,4)5)30(39)32-31(28)43-35(44-32)29-33(40)37(21-25-16-11-9-12-17-25)38(34(29)41)22-26-18-13-10-14-19-26/h9-14,16-20,24,39H,6-8,15,21-23H2,1-5H3. The molecule has 1 unspecified atom stereocenters. The fourth-order valence-corrected chi connectivity index (χ4v) is 8.11. The van der Waals surface area contributed by atoms with Crippen molar-refractivity contribution in [1.82, 2.24) is 10.0 Å². The Labute approximate surface area is 269 Å². The number of carbonyl (C=O) groups is 2. The summed E-state index contributed by atoms with van der Waals surface area (Å²) in [7, 11) is 0. The fourth-order valence-electron chi connectivity index (χ4n) is 5.46. The van der Waals surface area contributed by atoms with Crippen LogP contribution < -0.4 is 4.74 Å². The average Bonchev–Trinajstić information content (AvgIpc) is 3.54. The molecule has 3 aromatic carbocycles. The number of phenols is 1. The van der Waals surface area contributed by atoms with E-state index in [-0.39, 0.29) is 41.6 Å². The number of thioether (sulfide) groups is 2. The second-order valence-corrected chi connectivity index (χ2v) is 14.8. The van der Waals surface area contributed by atoms with Gasteiger partial charge in [0, 0.05) is 5.56 Å². The molecule has 1 N–H and O–H groups in total. The Morgan fingerprint density at radius 1 is 0.841 bits per heavy atom. The molecule has 8 heteroatoms. The third-order valence-electron chi connectivity index (χ3n) is 8.13. The maximum Gasteiger partial charge on any atom is 0.280 e. The van der Waals surface area contributed by atoms with E-state index in [9.17, 15) is 14.7 Å². The summed E-state index contributed by atoms with van der Waals surface area (Å²) < 4.78 is 7.07. The molecule has 1 saturated heterocycles. The largest absolute Gasteiger partial charge is 0.506 e. The Morgan fingerprint density at radius 2 is 1.39 bits per heavy atom. The minimum absolute atomic E-state index is 0.139. The Hall–Kier alpha value is -3.36. The van der Waals surface area contributed by atoms with Crippen molar-refractivity contribution in [2.24, 2.45) is 5.92 Å². The van der Waals surface area contributed by atoms with Gasteiger partial charge in [-0.25, -0.2) is 10.0 Å². The van der Waals surface area contributed by atoms with Crippen molar-refractivity contribution in [3.05, 3.63) is 93.2 Å². The molecule has 1 fully saturated rings. The van der Waals surface area contributed by atoms with Gasteiger partial charge in [0.1, 0.15) is 17.1 Å². The lowest BCUT2D eigenvalue weighted by atomic mass is 9.86. The first-order chi connectivity index (χ1) is 21.1. The number of nitrogens with zero attached hydrogens (tertiary/aromatic N) is 2. The van der Waals surface area contributed by atoms with Crippen LogP contribution in [0.25, 0.3) is 0 Å². The Kier molecular flexibility index (Phi) is 10.0. The molecule has 6 nitrogen and oxygen atoms in total. The van der Waals surface area contributed by atoms with Crippen LogP contribution in [0.15, 0.2) is 86.3 Å². The smallest absolute Gasteiger partial charge is 0.280 e. The number of ether oxygens (including phenoxy) is 1. The minimum Gasteiger partial charge on any atom is -0.506 e. The lowest BCUT2D eigenvalue weighted by Crippen LogP contribution is -2.39. The molecule has 0 bridgehead atoms. The van der Waals surface area contributed by atoms with E-state index in [1.807, 2.05) is 66.7 Å². The molecule has 0 radical (unpaired) electrons. The maximum atomic E-state index is 14.1. The topological polar surface area (TPSA) is 70.1 Å². The van der Waals surface area contributed by atoms with Crippen LogP contribution in [0, 0.1) is 5.92 Å². The number of amides is 2. The highest BCUT2D eigenvalue weighted by Gasteiger charge is 2.45. The molecule has 44 heavy (non-hydrogen) atoms. The first-order valence-corrected chi connectivity index (χ1v) is 17.1. The predicted octanol–water partition coefficient (Wildman–Crippen LogP) is 8.68. The number of hydrogen-bond donors (Lipinski definition) is 1. The highest BCUT2D eigenvalue weighted by atomic mass is 32.2. The van der Waals surface area contributed by atoms with Crippen molar-refractivity contribution in [1.29, 1.82) is 0 Å². The molecular weight excluding hydrogens is 589 g/mol. The highest BCUT2D eigenvalue weighted by molar-refractivity contribution is 8.25. The quantitative estimate of drug-likeness (QED) is 0.169. The first kappa shape index (κ1) is 32.0. The van der Waals surface area contributed by atoms with Gasteiger partial charge in [0.05, 0.1) is 33.7 Å². The van der Waals surface area contributed by atoms with Crippen LogP contribution in [0.4, 0.5) is 0 Å². The van der Waals surface area contributed by atoms with Crippen molar-refractivity contribution >= 4 is 35.3 Å². The van der Waals surface area contributed by atoms with Crippen LogP contribution in [0.3, 0.4) is 0 Å². The van der Waals surface area contributed by atoms with Gasteiger partial charge in [0.25, 0.3) is 11.8 Å². The summed E-state index contributed by atoms with van der Waals surface area (Å²) in [4.78, 5) is 29.6. The number of hydrogen-bond acceptors (Lipinski definition) is 6.